The van der Waals surface area contributed by atoms with Gasteiger partial charge in [0.1, 0.15) is 48.0 Å². The first-order valence-corrected chi connectivity index (χ1v) is 19.4. The van der Waals surface area contributed by atoms with E-state index in [9.17, 15) is 28.8 Å². The van der Waals surface area contributed by atoms with Gasteiger partial charge in [0.25, 0.3) is 0 Å². The second-order valence-corrected chi connectivity index (χ2v) is 16.8. The minimum Gasteiger partial charge on any atom is -0.488 e. The number of rotatable bonds is 12. The highest BCUT2D eigenvalue weighted by atomic mass is 16.6. The third-order valence-corrected chi connectivity index (χ3v) is 10.2. The van der Waals surface area contributed by atoms with Gasteiger partial charge in [-0.1, -0.05) is 0 Å². The number of hydrogen-bond acceptors (Lipinski definition) is 14. The first-order chi connectivity index (χ1) is 27.4. The van der Waals surface area contributed by atoms with Gasteiger partial charge in [0.2, 0.25) is 0 Å². The maximum Gasteiger partial charge on any atom is 0.411 e. The van der Waals surface area contributed by atoms with Crippen molar-refractivity contribution >= 4 is 35.7 Å². The monoisotopic (exact) mass is 808 g/mol. The molecule has 16 heteroatoms. The Bertz CT molecular complexity index is 1770. The zero-order chi connectivity index (χ0) is 42.1. The van der Waals surface area contributed by atoms with Gasteiger partial charge in [-0.2, -0.15) is 0 Å². The Morgan fingerprint density at radius 1 is 0.603 bits per heavy atom. The molecular formula is C42H52N2O14. The van der Waals surface area contributed by atoms with E-state index in [2.05, 4.69) is 0 Å². The van der Waals surface area contributed by atoms with Crippen molar-refractivity contribution in [2.24, 2.45) is 0 Å². The minimum atomic E-state index is -0.932. The summed E-state index contributed by atoms with van der Waals surface area (Å²) in [6.45, 7) is 9.85. The number of hydrogen-bond donors (Lipinski definition) is 0. The number of ketones is 2. The van der Waals surface area contributed by atoms with Crippen molar-refractivity contribution in [3.8, 4) is 22.6 Å². The maximum absolute atomic E-state index is 13.4. The van der Waals surface area contributed by atoms with Gasteiger partial charge in [0, 0.05) is 47.6 Å². The second kappa shape index (κ2) is 16.9. The van der Waals surface area contributed by atoms with Crippen LogP contribution in [0.3, 0.4) is 0 Å². The largest absolute Gasteiger partial charge is 0.488 e. The lowest BCUT2D eigenvalue weighted by Gasteiger charge is -2.31. The number of carbonyl (C=O) groups is 6. The fourth-order valence-electron chi connectivity index (χ4n) is 7.76. The number of amides is 2. The molecule has 16 nitrogen and oxygen atoms in total. The number of benzene rings is 2. The molecule has 4 atom stereocenters. The van der Waals surface area contributed by atoms with Crippen molar-refractivity contribution in [1.29, 1.82) is 0 Å². The predicted molar refractivity (Wildman–Crippen MR) is 205 cm³/mol. The number of ether oxygens (including phenoxy) is 8. The van der Waals surface area contributed by atoms with E-state index >= 15 is 0 Å². The average molecular weight is 809 g/mol. The molecular weight excluding hydrogens is 756 g/mol. The van der Waals surface area contributed by atoms with Gasteiger partial charge in [-0.05, 0) is 91.5 Å². The zero-order valence-corrected chi connectivity index (χ0v) is 34.3. The Morgan fingerprint density at radius 2 is 0.983 bits per heavy atom. The first kappa shape index (κ1) is 42.4. The topological polar surface area (TPSA) is 183 Å². The van der Waals surface area contributed by atoms with Crippen LogP contribution in [0.1, 0.15) is 99.1 Å². The summed E-state index contributed by atoms with van der Waals surface area (Å²) >= 11 is 0. The standard InChI is InChI=1S/C42H52N2O14/c1-41(2,3)57-39(49)43-27(19-51-7)9-11-29(43)37(47)55-21-31(45)23-13-25-17-54-34-16-24(14-26-18-53-33(15-23)35(25)36(26)34)32(46)22-56-38(48)30-12-10-28(20-52-8)44(30)40(50)58-42(4,5)6/h13-16,27-30H,9-12,17-22H2,1-8H3/t27-,28-,29+,30+/m1/s1. The maximum atomic E-state index is 13.4. The van der Waals surface area contributed by atoms with Crippen LogP contribution in [-0.4, -0.2) is 122 Å². The highest BCUT2D eigenvalue weighted by molar-refractivity contribution is 6.02. The Kier molecular flexibility index (Phi) is 12.4. The van der Waals surface area contributed by atoms with Crippen LogP contribution in [0.2, 0.25) is 0 Å². The van der Waals surface area contributed by atoms with Gasteiger partial charge in [0.15, 0.2) is 24.8 Å². The lowest BCUT2D eigenvalue weighted by atomic mass is 9.87. The number of nitrogens with zero attached hydrogens (tertiary/aromatic N) is 2. The smallest absolute Gasteiger partial charge is 0.411 e. The molecule has 0 unspecified atom stereocenters. The summed E-state index contributed by atoms with van der Waals surface area (Å²) in [4.78, 5) is 82.1. The molecule has 6 rings (SSSR count). The average Bonchev–Trinajstić information content (AvgIpc) is 3.78. The summed E-state index contributed by atoms with van der Waals surface area (Å²) < 4.78 is 44.7. The predicted octanol–water partition coefficient (Wildman–Crippen LogP) is 5.42. The number of carbonyl (C=O) groups excluding carboxylic acids is 6. The normalized spacial score (nSPS) is 20.7. The molecule has 0 radical (unpaired) electrons. The van der Waals surface area contributed by atoms with Gasteiger partial charge in [-0.15, -0.1) is 0 Å². The summed E-state index contributed by atoms with van der Waals surface area (Å²) in [6.07, 6.45) is 0.362. The SMILES string of the molecule is COC[C@H]1CC[C@@H](C(=O)OCC(=O)c2cc3c4c(c2)OCc2cc(C(=O)COC(=O)[C@@H]5CC[C@H](COC)N5C(=O)OC(C)(C)C)cc(c2-4)OC3)N1C(=O)OC(C)(C)C. The van der Waals surface area contributed by atoms with E-state index in [0.717, 1.165) is 11.1 Å². The molecule has 2 aromatic rings. The van der Waals surface area contributed by atoms with Gasteiger partial charge < -0.3 is 37.9 Å². The summed E-state index contributed by atoms with van der Waals surface area (Å²) in [5.74, 6) is -1.51. The van der Waals surface area contributed by atoms with Crippen molar-refractivity contribution in [3.63, 3.8) is 0 Å². The quantitative estimate of drug-likeness (QED) is 0.151. The molecule has 314 valence electrons. The summed E-state index contributed by atoms with van der Waals surface area (Å²) in [5.41, 5.74) is 1.72. The Morgan fingerprint density at radius 3 is 1.33 bits per heavy atom. The number of esters is 2. The summed E-state index contributed by atoms with van der Waals surface area (Å²) in [5, 5.41) is 0. The molecule has 0 N–H and O–H groups in total. The van der Waals surface area contributed by atoms with E-state index in [1.807, 2.05) is 0 Å². The van der Waals surface area contributed by atoms with Crippen molar-refractivity contribution in [2.45, 2.75) is 116 Å². The van der Waals surface area contributed by atoms with Crippen LogP contribution in [0.15, 0.2) is 24.3 Å². The highest BCUT2D eigenvalue weighted by Gasteiger charge is 2.45. The van der Waals surface area contributed by atoms with E-state index in [1.54, 1.807) is 65.8 Å². The number of methoxy groups -OCH3 is 2. The Hall–Kier alpha value is -5.22. The van der Waals surface area contributed by atoms with Crippen LogP contribution >= 0.6 is 0 Å². The zero-order valence-electron chi connectivity index (χ0n) is 34.3. The first-order valence-electron chi connectivity index (χ1n) is 19.4. The van der Waals surface area contributed by atoms with Crippen molar-refractivity contribution in [2.75, 3.05) is 40.6 Å². The number of Topliss-reactive ketones (excluding diaryl/α,β-unsaturated/α-hetero) is 2. The third kappa shape index (κ3) is 9.23. The Balaban J connectivity index is 1.11. The Labute approximate surface area is 337 Å². The van der Waals surface area contributed by atoms with E-state index in [4.69, 9.17) is 37.9 Å². The van der Waals surface area contributed by atoms with E-state index < -0.39 is 72.2 Å². The highest BCUT2D eigenvalue weighted by Crippen LogP contribution is 2.49. The fourth-order valence-corrected chi connectivity index (χ4v) is 7.76. The molecule has 0 aromatic heterocycles. The van der Waals surface area contributed by atoms with Crippen LogP contribution in [0, 0.1) is 0 Å². The summed E-state index contributed by atoms with van der Waals surface area (Å²) in [7, 11) is 3.02. The van der Waals surface area contributed by atoms with Crippen LogP contribution in [0.4, 0.5) is 9.59 Å². The molecule has 0 spiro atoms. The minimum absolute atomic E-state index is 0.0598. The molecule has 2 fully saturated rings. The van der Waals surface area contributed by atoms with Crippen molar-refractivity contribution in [1.82, 2.24) is 9.80 Å². The fraction of sp³-hybridized carbons (Fsp3) is 0.571. The molecule has 2 amide bonds. The van der Waals surface area contributed by atoms with E-state index in [-0.39, 0.29) is 49.6 Å². The van der Waals surface area contributed by atoms with Crippen LogP contribution < -0.4 is 9.47 Å². The molecule has 4 aliphatic heterocycles. The lowest BCUT2D eigenvalue weighted by molar-refractivity contribution is -0.148. The molecule has 58 heavy (non-hydrogen) atoms. The molecule has 0 bridgehead atoms. The molecule has 0 saturated carbocycles. The molecule has 0 aliphatic carbocycles. The van der Waals surface area contributed by atoms with Crippen molar-refractivity contribution in [3.05, 3.63) is 46.5 Å². The van der Waals surface area contributed by atoms with E-state index in [0.29, 0.717) is 48.3 Å². The van der Waals surface area contributed by atoms with E-state index in [1.165, 1.54) is 24.0 Å². The lowest BCUT2D eigenvalue weighted by Crippen LogP contribution is -2.49. The summed E-state index contributed by atoms with van der Waals surface area (Å²) in [6, 6.07) is 3.87. The number of likely N-dealkylation sites (tertiary alicyclic amines) is 2. The molecule has 2 saturated heterocycles. The molecule has 2 aromatic carbocycles. The van der Waals surface area contributed by atoms with Gasteiger partial charge in [-0.25, -0.2) is 19.2 Å². The van der Waals surface area contributed by atoms with Crippen LogP contribution in [-0.2, 0) is 51.2 Å². The third-order valence-electron chi connectivity index (χ3n) is 10.2. The van der Waals surface area contributed by atoms with Crippen molar-refractivity contribution < 1.29 is 66.7 Å². The van der Waals surface area contributed by atoms with Crippen LogP contribution in [0.25, 0.3) is 11.1 Å². The van der Waals surface area contributed by atoms with Gasteiger partial charge in [0.05, 0.1) is 25.3 Å². The molecule has 4 aliphatic rings. The van der Waals surface area contributed by atoms with Gasteiger partial charge in [-0.3, -0.25) is 19.4 Å². The van der Waals surface area contributed by atoms with Crippen LogP contribution in [0.5, 0.6) is 11.5 Å². The second-order valence-electron chi connectivity index (χ2n) is 16.8. The van der Waals surface area contributed by atoms with Gasteiger partial charge >= 0.3 is 24.1 Å². The molecule has 4 heterocycles.